The van der Waals surface area contributed by atoms with Crippen molar-refractivity contribution in [3.63, 3.8) is 0 Å². The number of rotatable bonds is 6. The van der Waals surface area contributed by atoms with Gasteiger partial charge in [0.25, 0.3) is 0 Å². The SMILES string of the molecule is CCNC(Cc1cc(C)ccc1C)c1ccccc1CC. The average Bonchev–Trinajstić information content (AvgIpc) is 2.50. The third kappa shape index (κ3) is 3.95. The van der Waals surface area contributed by atoms with Crippen molar-refractivity contribution in [3.05, 3.63) is 70.3 Å². The second kappa shape index (κ2) is 7.42. The number of hydrogen-bond donors (Lipinski definition) is 1. The number of likely N-dealkylation sites (N-methyl/N-ethyl adjacent to an activating group) is 1. The predicted octanol–water partition coefficient (Wildman–Crippen LogP) is 4.76. The Morgan fingerprint density at radius 1 is 0.952 bits per heavy atom. The lowest BCUT2D eigenvalue weighted by Gasteiger charge is -2.22. The fourth-order valence-electron chi connectivity index (χ4n) is 2.97. The van der Waals surface area contributed by atoms with Gasteiger partial charge in [0, 0.05) is 6.04 Å². The van der Waals surface area contributed by atoms with Gasteiger partial charge in [0.05, 0.1) is 0 Å². The highest BCUT2D eigenvalue weighted by atomic mass is 14.9. The van der Waals surface area contributed by atoms with E-state index in [9.17, 15) is 0 Å². The van der Waals surface area contributed by atoms with E-state index in [2.05, 4.69) is 75.5 Å². The molecule has 0 spiro atoms. The van der Waals surface area contributed by atoms with Crippen LogP contribution in [0.15, 0.2) is 42.5 Å². The van der Waals surface area contributed by atoms with Crippen molar-refractivity contribution in [2.45, 2.75) is 46.6 Å². The summed E-state index contributed by atoms with van der Waals surface area (Å²) in [4.78, 5) is 0. The van der Waals surface area contributed by atoms with E-state index in [0.717, 1.165) is 19.4 Å². The van der Waals surface area contributed by atoms with E-state index in [1.54, 1.807) is 0 Å². The van der Waals surface area contributed by atoms with Gasteiger partial charge in [-0.1, -0.05) is 61.9 Å². The van der Waals surface area contributed by atoms with Crippen molar-refractivity contribution in [1.29, 1.82) is 0 Å². The Morgan fingerprint density at radius 3 is 2.43 bits per heavy atom. The smallest absolute Gasteiger partial charge is 0.0363 e. The Kier molecular flexibility index (Phi) is 5.58. The summed E-state index contributed by atoms with van der Waals surface area (Å²) in [5.74, 6) is 0. The fraction of sp³-hybridized carbons (Fsp3) is 0.400. The van der Waals surface area contributed by atoms with Crippen molar-refractivity contribution in [2.24, 2.45) is 0 Å². The Bertz CT molecular complexity index is 586. The molecule has 0 radical (unpaired) electrons. The summed E-state index contributed by atoms with van der Waals surface area (Å²) >= 11 is 0. The zero-order valence-corrected chi connectivity index (χ0v) is 13.7. The molecular weight excluding hydrogens is 254 g/mol. The zero-order chi connectivity index (χ0) is 15.2. The van der Waals surface area contributed by atoms with Crippen LogP contribution >= 0.6 is 0 Å². The molecule has 0 amide bonds. The van der Waals surface area contributed by atoms with Crippen LogP contribution < -0.4 is 5.32 Å². The monoisotopic (exact) mass is 281 g/mol. The van der Waals surface area contributed by atoms with Crippen LogP contribution in [0.3, 0.4) is 0 Å². The second-order valence-electron chi connectivity index (χ2n) is 5.80. The van der Waals surface area contributed by atoms with E-state index in [0.29, 0.717) is 6.04 Å². The van der Waals surface area contributed by atoms with Gasteiger partial charge in [-0.05, 0) is 55.5 Å². The van der Waals surface area contributed by atoms with Crippen molar-refractivity contribution in [3.8, 4) is 0 Å². The van der Waals surface area contributed by atoms with Crippen molar-refractivity contribution >= 4 is 0 Å². The molecule has 0 aliphatic rings. The molecule has 1 unspecified atom stereocenters. The maximum absolute atomic E-state index is 3.67. The largest absolute Gasteiger partial charge is 0.310 e. The second-order valence-corrected chi connectivity index (χ2v) is 5.80. The summed E-state index contributed by atoms with van der Waals surface area (Å²) in [6.45, 7) is 9.80. The molecule has 0 saturated carbocycles. The van der Waals surface area contributed by atoms with Gasteiger partial charge < -0.3 is 5.32 Å². The number of nitrogens with one attached hydrogen (secondary N) is 1. The molecule has 0 heterocycles. The van der Waals surface area contributed by atoms with Crippen LogP contribution in [0.25, 0.3) is 0 Å². The molecule has 112 valence electrons. The first-order valence-corrected chi connectivity index (χ1v) is 8.03. The first kappa shape index (κ1) is 15.8. The minimum atomic E-state index is 0.395. The Morgan fingerprint density at radius 2 is 1.71 bits per heavy atom. The minimum Gasteiger partial charge on any atom is -0.310 e. The quantitative estimate of drug-likeness (QED) is 0.805. The molecule has 2 rings (SSSR count). The summed E-state index contributed by atoms with van der Waals surface area (Å²) in [6.07, 6.45) is 2.14. The van der Waals surface area contributed by atoms with Crippen LogP contribution in [0.1, 0.15) is 47.7 Å². The van der Waals surface area contributed by atoms with Gasteiger partial charge in [-0.3, -0.25) is 0 Å². The molecule has 1 nitrogen and oxygen atoms in total. The lowest BCUT2D eigenvalue weighted by molar-refractivity contribution is 0.544. The van der Waals surface area contributed by atoms with Gasteiger partial charge in [-0.2, -0.15) is 0 Å². The summed E-state index contributed by atoms with van der Waals surface area (Å²) in [5.41, 5.74) is 7.08. The first-order chi connectivity index (χ1) is 10.2. The number of benzene rings is 2. The predicted molar refractivity (Wildman–Crippen MR) is 91.9 cm³/mol. The normalized spacial score (nSPS) is 12.4. The Balaban J connectivity index is 2.33. The maximum atomic E-state index is 3.67. The Hall–Kier alpha value is -1.60. The van der Waals surface area contributed by atoms with Crippen molar-refractivity contribution in [2.75, 3.05) is 6.54 Å². The van der Waals surface area contributed by atoms with Gasteiger partial charge in [0.2, 0.25) is 0 Å². The lowest BCUT2D eigenvalue weighted by Crippen LogP contribution is -2.24. The van der Waals surface area contributed by atoms with Crippen LogP contribution in [-0.2, 0) is 12.8 Å². The van der Waals surface area contributed by atoms with Crippen molar-refractivity contribution < 1.29 is 0 Å². The standard InChI is InChI=1S/C20H27N/c1-5-17-9-7-8-10-19(17)20(21-6-2)14-18-13-15(3)11-12-16(18)4/h7-13,20-21H,5-6,14H2,1-4H3. The van der Waals surface area contributed by atoms with E-state index in [1.165, 1.54) is 27.8 Å². The average molecular weight is 281 g/mol. The van der Waals surface area contributed by atoms with E-state index in [-0.39, 0.29) is 0 Å². The molecule has 1 N–H and O–H groups in total. The van der Waals surface area contributed by atoms with Crippen LogP contribution in [0.5, 0.6) is 0 Å². The summed E-state index contributed by atoms with van der Waals surface area (Å²) < 4.78 is 0. The zero-order valence-electron chi connectivity index (χ0n) is 13.7. The third-order valence-corrected chi connectivity index (χ3v) is 4.19. The molecule has 0 aliphatic carbocycles. The van der Waals surface area contributed by atoms with Crippen LogP contribution in [0.4, 0.5) is 0 Å². The molecule has 0 bridgehead atoms. The first-order valence-electron chi connectivity index (χ1n) is 8.03. The summed E-state index contributed by atoms with van der Waals surface area (Å²) in [6, 6.07) is 16.0. The van der Waals surface area contributed by atoms with Gasteiger partial charge >= 0.3 is 0 Å². The molecule has 1 atom stereocenters. The highest BCUT2D eigenvalue weighted by Gasteiger charge is 2.15. The molecule has 0 saturated heterocycles. The van der Waals surface area contributed by atoms with Gasteiger partial charge in [-0.25, -0.2) is 0 Å². The van der Waals surface area contributed by atoms with E-state index >= 15 is 0 Å². The summed E-state index contributed by atoms with van der Waals surface area (Å²) in [5, 5.41) is 3.67. The molecule has 1 heteroatoms. The van der Waals surface area contributed by atoms with E-state index in [1.807, 2.05) is 0 Å². The summed E-state index contributed by atoms with van der Waals surface area (Å²) in [7, 11) is 0. The van der Waals surface area contributed by atoms with Crippen molar-refractivity contribution in [1.82, 2.24) is 5.32 Å². The molecule has 2 aromatic carbocycles. The molecule has 0 fully saturated rings. The molecule has 21 heavy (non-hydrogen) atoms. The maximum Gasteiger partial charge on any atom is 0.0363 e. The number of aryl methyl sites for hydroxylation is 3. The van der Waals surface area contributed by atoms with Gasteiger partial charge in [0.1, 0.15) is 0 Å². The molecule has 2 aromatic rings. The van der Waals surface area contributed by atoms with Crippen LogP contribution in [0.2, 0.25) is 0 Å². The lowest BCUT2D eigenvalue weighted by atomic mass is 9.91. The molecule has 0 aliphatic heterocycles. The molecular formula is C20H27N. The highest BCUT2D eigenvalue weighted by molar-refractivity contribution is 5.35. The van der Waals surface area contributed by atoms with E-state index in [4.69, 9.17) is 0 Å². The molecule has 0 aromatic heterocycles. The number of hydrogen-bond acceptors (Lipinski definition) is 1. The highest BCUT2D eigenvalue weighted by Crippen LogP contribution is 2.24. The third-order valence-electron chi connectivity index (χ3n) is 4.19. The van der Waals surface area contributed by atoms with Crippen LogP contribution in [0, 0.1) is 13.8 Å². The fourth-order valence-corrected chi connectivity index (χ4v) is 2.97. The van der Waals surface area contributed by atoms with Gasteiger partial charge in [0.15, 0.2) is 0 Å². The van der Waals surface area contributed by atoms with Crippen LogP contribution in [-0.4, -0.2) is 6.54 Å². The minimum absolute atomic E-state index is 0.395. The Labute approximate surface area is 129 Å². The van der Waals surface area contributed by atoms with E-state index < -0.39 is 0 Å². The topological polar surface area (TPSA) is 12.0 Å². The van der Waals surface area contributed by atoms with Gasteiger partial charge in [-0.15, -0.1) is 0 Å².